The Balaban J connectivity index is 2.09. The van der Waals surface area contributed by atoms with E-state index in [0.717, 1.165) is 29.8 Å². The fraction of sp³-hybridized carbons (Fsp3) is 0.278. The molecule has 0 fully saturated rings. The van der Waals surface area contributed by atoms with Gasteiger partial charge in [-0.1, -0.05) is 61.9 Å². The number of thioether (sulfide) groups is 1. The summed E-state index contributed by atoms with van der Waals surface area (Å²) in [6, 6.07) is 19.5. The second kappa shape index (κ2) is 8.65. The smallest absolute Gasteiger partial charge is 0.215 e. The van der Waals surface area contributed by atoms with Crippen LogP contribution in [0.4, 0.5) is 0 Å². The van der Waals surface area contributed by atoms with Gasteiger partial charge in [0.2, 0.25) is 5.12 Å². The average molecular weight is 299 g/mol. The van der Waals surface area contributed by atoms with E-state index < -0.39 is 0 Å². The lowest BCUT2D eigenvalue weighted by atomic mass is 10.1. The molecule has 0 saturated carbocycles. The van der Waals surface area contributed by atoms with Crippen LogP contribution in [0.15, 0.2) is 65.6 Å². The summed E-state index contributed by atoms with van der Waals surface area (Å²) in [6.07, 6.45) is 2.20. The van der Waals surface area contributed by atoms with Gasteiger partial charge in [0, 0.05) is 4.90 Å². The first-order valence-electron chi connectivity index (χ1n) is 7.36. The Morgan fingerprint density at radius 1 is 1.05 bits per heavy atom. The second-order valence-corrected chi connectivity index (χ2v) is 5.96. The highest BCUT2D eigenvalue weighted by Gasteiger charge is 2.20. The van der Waals surface area contributed by atoms with E-state index in [4.69, 9.17) is 0 Å². The van der Waals surface area contributed by atoms with Gasteiger partial charge in [0.1, 0.15) is 6.04 Å². The molecule has 21 heavy (non-hydrogen) atoms. The minimum Gasteiger partial charge on any atom is -0.303 e. The SMILES string of the molecule is CCCCNC(C(=O)Sc1ccccc1)c1ccccc1. The molecule has 0 heterocycles. The van der Waals surface area contributed by atoms with Crippen molar-refractivity contribution in [2.24, 2.45) is 0 Å². The number of rotatable bonds is 7. The molecule has 0 bridgehead atoms. The Bertz CT molecular complexity index is 542. The van der Waals surface area contributed by atoms with Gasteiger partial charge in [-0.25, -0.2) is 0 Å². The van der Waals surface area contributed by atoms with Crippen LogP contribution in [0.5, 0.6) is 0 Å². The van der Waals surface area contributed by atoms with Crippen molar-refractivity contribution in [1.29, 1.82) is 0 Å². The van der Waals surface area contributed by atoms with E-state index in [2.05, 4.69) is 12.2 Å². The van der Waals surface area contributed by atoms with E-state index in [1.807, 2.05) is 60.7 Å². The first kappa shape index (κ1) is 15.8. The van der Waals surface area contributed by atoms with Gasteiger partial charge in [-0.3, -0.25) is 4.79 Å². The molecule has 0 aliphatic rings. The molecule has 3 heteroatoms. The van der Waals surface area contributed by atoms with Crippen molar-refractivity contribution >= 4 is 16.9 Å². The van der Waals surface area contributed by atoms with Gasteiger partial charge in [0.15, 0.2) is 0 Å². The summed E-state index contributed by atoms with van der Waals surface area (Å²) in [4.78, 5) is 13.6. The Kier molecular flexibility index (Phi) is 6.51. The molecule has 2 rings (SSSR count). The molecule has 110 valence electrons. The molecule has 0 radical (unpaired) electrons. The maximum absolute atomic E-state index is 12.6. The fourth-order valence-electron chi connectivity index (χ4n) is 2.07. The molecule has 1 unspecified atom stereocenters. The maximum atomic E-state index is 12.6. The molecule has 0 aromatic heterocycles. The normalized spacial score (nSPS) is 12.0. The zero-order chi connectivity index (χ0) is 14.9. The van der Waals surface area contributed by atoms with Crippen LogP contribution in [0.3, 0.4) is 0 Å². The highest BCUT2D eigenvalue weighted by atomic mass is 32.2. The zero-order valence-corrected chi connectivity index (χ0v) is 13.1. The van der Waals surface area contributed by atoms with Gasteiger partial charge >= 0.3 is 0 Å². The Hall–Kier alpha value is -1.58. The van der Waals surface area contributed by atoms with Crippen molar-refractivity contribution < 1.29 is 4.79 Å². The average Bonchev–Trinajstić information content (AvgIpc) is 2.53. The molecule has 0 aliphatic carbocycles. The second-order valence-electron chi connectivity index (χ2n) is 4.89. The van der Waals surface area contributed by atoms with E-state index in [0.29, 0.717) is 0 Å². The largest absolute Gasteiger partial charge is 0.303 e. The number of nitrogens with one attached hydrogen (secondary N) is 1. The third kappa shape index (κ3) is 5.03. The van der Waals surface area contributed by atoms with Crippen molar-refractivity contribution in [2.75, 3.05) is 6.54 Å². The van der Waals surface area contributed by atoms with Gasteiger partial charge in [-0.05, 0) is 42.4 Å². The molecule has 1 atom stereocenters. The van der Waals surface area contributed by atoms with E-state index in [1.165, 1.54) is 11.8 Å². The van der Waals surface area contributed by atoms with Crippen molar-refractivity contribution in [3.8, 4) is 0 Å². The van der Waals surface area contributed by atoms with Crippen LogP contribution in [0.2, 0.25) is 0 Å². The van der Waals surface area contributed by atoms with Crippen LogP contribution in [0, 0.1) is 0 Å². The summed E-state index contributed by atoms with van der Waals surface area (Å²) in [5, 5.41) is 3.53. The number of unbranched alkanes of at least 4 members (excludes halogenated alkanes) is 1. The minimum absolute atomic E-state index is 0.142. The van der Waals surface area contributed by atoms with Gasteiger partial charge in [0.25, 0.3) is 0 Å². The topological polar surface area (TPSA) is 29.1 Å². The predicted molar refractivity (Wildman–Crippen MR) is 89.4 cm³/mol. The van der Waals surface area contributed by atoms with E-state index in [1.54, 1.807) is 0 Å². The Labute approximate surface area is 131 Å². The lowest BCUT2D eigenvalue weighted by Crippen LogP contribution is -2.27. The number of carbonyl (C=O) groups excluding carboxylic acids is 1. The lowest BCUT2D eigenvalue weighted by molar-refractivity contribution is -0.112. The standard InChI is InChI=1S/C18H21NOS/c1-2-3-14-19-17(15-10-6-4-7-11-15)18(20)21-16-12-8-5-9-13-16/h4-13,17,19H,2-3,14H2,1H3. The molecule has 2 aromatic rings. The molecular formula is C18H21NOS. The van der Waals surface area contributed by atoms with Gasteiger partial charge in [-0.15, -0.1) is 0 Å². The minimum atomic E-state index is -0.247. The van der Waals surface area contributed by atoms with Crippen molar-refractivity contribution in [3.05, 3.63) is 66.2 Å². The van der Waals surface area contributed by atoms with Crippen LogP contribution < -0.4 is 5.32 Å². The maximum Gasteiger partial charge on any atom is 0.215 e. The predicted octanol–water partition coefficient (Wildman–Crippen LogP) is 4.44. The first-order chi connectivity index (χ1) is 10.3. The molecule has 1 N–H and O–H groups in total. The molecule has 0 amide bonds. The monoisotopic (exact) mass is 299 g/mol. The zero-order valence-electron chi connectivity index (χ0n) is 12.3. The summed E-state index contributed by atoms with van der Waals surface area (Å²) in [6.45, 7) is 3.01. The third-order valence-corrected chi connectivity index (χ3v) is 4.15. The van der Waals surface area contributed by atoms with Crippen LogP contribution in [-0.2, 0) is 4.79 Å². The molecular weight excluding hydrogens is 278 g/mol. The van der Waals surface area contributed by atoms with Crippen molar-refractivity contribution in [1.82, 2.24) is 5.32 Å². The number of carbonyl (C=O) groups is 1. The summed E-state index contributed by atoms with van der Waals surface area (Å²) in [7, 11) is 0. The third-order valence-electron chi connectivity index (χ3n) is 3.21. The van der Waals surface area contributed by atoms with Gasteiger partial charge in [0.05, 0.1) is 0 Å². The molecule has 0 aliphatic heterocycles. The van der Waals surface area contributed by atoms with Gasteiger partial charge < -0.3 is 5.32 Å². The summed E-state index contributed by atoms with van der Waals surface area (Å²) in [5.41, 5.74) is 1.03. The number of benzene rings is 2. The number of hydrogen-bond donors (Lipinski definition) is 1. The van der Waals surface area contributed by atoms with Crippen LogP contribution >= 0.6 is 11.8 Å². The van der Waals surface area contributed by atoms with E-state index in [-0.39, 0.29) is 11.2 Å². The van der Waals surface area contributed by atoms with Crippen molar-refractivity contribution in [2.45, 2.75) is 30.7 Å². The fourth-order valence-corrected chi connectivity index (χ4v) is 2.93. The molecule has 2 aromatic carbocycles. The van der Waals surface area contributed by atoms with Gasteiger partial charge in [-0.2, -0.15) is 0 Å². The Morgan fingerprint density at radius 2 is 1.67 bits per heavy atom. The molecule has 0 saturated heterocycles. The Morgan fingerprint density at radius 3 is 2.29 bits per heavy atom. The van der Waals surface area contributed by atoms with Crippen LogP contribution in [0.25, 0.3) is 0 Å². The summed E-state index contributed by atoms with van der Waals surface area (Å²) >= 11 is 1.30. The van der Waals surface area contributed by atoms with Crippen LogP contribution in [0.1, 0.15) is 31.4 Å². The van der Waals surface area contributed by atoms with E-state index >= 15 is 0 Å². The van der Waals surface area contributed by atoms with Crippen molar-refractivity contribution in [3.63, 3.8) is 0 Å². The first-order valence-corrected chi connectivity index (χ1v) is 8.18. The van der Waals surface area contributed by atoms with Crippen LogP contribution in [-0.4, -0.2) is 11.7 Å². The highest BCUT2D eigenvalue weighted by Crippen LogP contribution is 2.26. The quantitative estimate of drug-likeness (QED) is 0.605. The molecule has 0 spiro atoms. The molecule has 2 nitrogen and oxygen atoms in total. The highest BCUT2D eigenvalue weighted by molar-refractivity contribution is 8.13. The summed E-state index contributed by atoms with van der Waals surface area (Å²) in [5.74, 6) is 0. The summed E-state index contributed by atoms with van der Waals surface area (Å²) < 4.78 is 0. The lowest BCUT2D eigenvalue weighted by Gasteiger charge is -2.17. The van der Waals surface area contributed by atoms with E-state index in [9.17, 15) is 4.79 Å². The number of hydrogen-bond acceptors (Lipinski definition) is 3.